The van der Waals surface area contributed by atoms with Gasteiger partial charge in [-0.25, -0.2) is 0 Å². The minimum atomic E-state index is -0.682. The van der Waals surface area contributed by atoms with Crippen molar-refractivity contribution < 1.29 is 9.90 Å². The van der Waals surface area contributed by atoms with Crippen LogP contribution in [0.4, 0.5) is 0 Å². The number of hydrogen-bond acceptors (Lipinski definition) is 2. The number of carboxylic acids is 1. The summed E-state index contributed by atoms with van der Waals surface area (Å²) >= 11 is 0. The highest BCUT2D eigenvalue weighted by molar-refractivity contribution is 5.85. The van der Waals surface area contributed by atoms with Crippen molar-refractivity contribution in [2.24, 2.45) is 5.92 Å². The Labute approximate surface area is 65.6 Å². The smallest absolute Gasteiger partial charge is 0.309 e. The molecule has 0 saturated carbocycles. The molecule has 0 atom stereocenters. The maximum absolute atomic E-state index is 9.94. The molecule has 56 valence electrons. The molecule has 1 aliphatic rings. The van der Waals surface area contributed by atoms with Gasteiger partial charge >= 0.3 is 5.97 Å². The molecular weight excluding hydrogens is 165 g/mol. The number of aliphatic carboxylic acids is 1. The summed E-state index contributed by atoms with van der Waals surface area (Å²) in [6, 6.07) is 0. The van der Waals surface area contributed by atoms with Gasteiger partial charge in [0, 0.05) is 13.1 Å². The third kappa shape index (κ3) is 2.89. The van der Waals surface area contributed by atoms with Crippen molar-refractivity contribution >= 4 is 30.8 Å². The average molecular weight is 174 g/mol. The van der Waals surface area contributed by atoms with Gasteiger partial charge < -0.3 is 10.4 Å². The fourth-order valence-electron chi connectivity index (χ4n) is 0.463. The Balaban J connectivity index is 0. The Bertz CT molecular complexity index is 94.6. The molecule has 2 N–H and O–H groups in total. The number of nitrogens with one attached hydrogen (secondary N) is 1. The van der Waals surface area contributed by atoms with Crippen molar-refractivity contribution in [2.45, 2.75) is 0 Å². The number of carboxylic acid groups (broad SMARTS) is 1. The second-order valence-corrected chi connectivity index (χ2v) is 1.69. The van der Waals surface area contributed by atoms with Gasteiger partial charge in [-0.1, -0.05) is 0 Å². The number of halogens is 2. The van der Waals surface area contributed by atoms with E-state index in [4.69, 9.17) is 5.11 Å². The van der Waals surface area contributed by atoms with E-state index in [-0.39, 0.29) is 30.7 Å². The van der Waals surface area contributed by atoms with E-state index in [9.17, 15) is 4.79 Å². The highest BCUT2D eigenvalue weighted by Crippen LogP contribution is 2.00. The van der Waals surface area contributed by atoms with Gasteiger partial charge in [0.05, 0.1) is 5.92 Å². The second-order valence-electron chi connectivity index (χ2n) is 1.69. The molecule has 5 heteroatoms. The van der Waals surface area contributed by atoms with Crippen molar-refractivity contribution in [3.63, 3.8) is 0 Å². The Morgan fingerprint density at radius 2 is 1.89 bits per heavy atom. The summed E-state index contributed by atoms with van der Waals surface area (Å²) in [6.45, 7) is 1.30. The van der Waals surface area contributed by atoms with Crippen LogP contribution in [0.15, 0.2) is 0 Å². The van der Waals surface area contributed by atoms with Gasteiger partial charge in [0.1, 0.15) is 0 Å². The monoisotopic (exact) mass is 173 g/mol. The van der Waals surface area contributed by atoms with E-state index < -0.39 is 5.97 Å². The fraction of sp³-hybridized carbons (Fsp3) is 0.750. The van der Waals surface area contributed by atoms with Crippen molar-refractivity contribution in [2.75, 3.05) is 13.1 Å². The van der Waals surface area contributed by atoms with Crippen molar-refractivity contribution in [3.8, 4) is 0 Å². The summed E-state index contributed by atoms with van der Waals surface area (Å²) in [5, 5.41) is 11.1. The molecule has 1 aliphatic heterocycles. The van der Waals surface area contributed by atoms with Crippen molar-refractivity contribution in [3.05, 3.63) is 0 Å². The zero-order valence-corrected chi connectivity index (χ0v) is 6.30. The van der Waals surface area contributed by atoms with Crippen LogP contribution in [-0.2, 0) is 4.79 Å². The molecular formula is C4H9Cl2NO2. The van der Waals surface area contributed by atoms with E-state index in [0.717, 1.165) is 0 Å². The van der Waals surface area contributed by atoms with Gasteiger partial charge in [0.25, 0.3) is 0 Å². The zero-order valence-electron chi connectivity index (χ0n) is 4.66. The lowest BCUT2D eigenvalue weighted by molar-refractivity contribution is -0.143. The topological polar surface area (TPSA) is 49.3 Å². The zero-order chi connectivity index (χ0) is 5.28. The van der Waals surface area contributed by atoms with Crippen LogP contribution in [0.25, 0.3) is 0 Å². The molecule has 0 radical (unpaired) electrons. The minimum Gasteiger partial charge on any atom is -0.481 e. The van der Waals surface area contributed by atoms with E-state index in [0.29, 0.717) is 13.1 Å². The van der Waals surface area contributed by atoms with Crippen LogP contribution < -0.4 is 5.32 Å². The molecule has 3 nitrogen and oxygen atoms in total. The summed E-state index contributed by atoms with van der Waals surface area (Å²) in [5.41, 5.74) is 0. The average Bonchev–Trinajstić information content (AvgIpc) is 1.23. The predicted octanol–water partition coefficient (Wildman–Crippen LogP) is 0.134. The molecule has 1 rings (SSSR count). The van der Waals surface area contributed by atoms with Crippen LogP contribution in [0.5, 0.6) is 0 Å². The normalized spacial score (nSPS) is 16.4. The summed E-state index contributed by atoms with van der Waals surface area (Å²) < 4.78 is 0. The molecule has 0 unspecified atom stereocenters. The fourth-order valence-corrected chi connectivity index (χ4v) is 0.463. The summed E-state index contributed by atoms with van der Waals surface area (Å²) in [7, 11) is 0. The summed E-state index contributed by atoms with van der Waals surface area (Å²) in [6.07, 6.45) is 0. The van der Waals surface area contributed by atoms with Crippen LogP contribution >= 0.6 is 24.8 Å². The molecule has 0 aromatic carbocycles. The standard InChI is InChI=1S/C4H7NO2.2ClH/c6-4(7)3-1-5-2-3;;/h3,5H,1-2H2,(H,6,7);2*1H. The molecule has 9 heavy (non-hydrogen) atoms. The minimum absolute atomic E-state index is 0. The maximum Gasteiger partial charge on any atom is 0.309 e. The van der Waals surface area contributed by atoms with Gasteiger partial charge in [-0.15, -0.1) is 24.8 Å². The van der Waals surface area contributed by atoms with E-state index in [1.165, 1.54) is 0 Å². The van der Waals surface area contributed by atoms with Crippen LogP contribution in [0.1, 0.15) is 0 Å². The van der Waals surface area contributed by atoms with Crippen molar-refractivity contribution in [1.29, 1.82) is 0 Å². The first-order valence-electron chi connectivity index (χ1n) is 2.24. The van der Waals surface area contributed by atoms with Gasteiger partial charge in [0.15, 0.2) is 0 Å². The summed E-state index contributed by atoms with van der Waals surface area (Å²) in [4.78, 5) is 9.94. The quantitative estimate of drug-likeness (QED) is 0.594. The molecule has 0 aromatic heterocycles. The Morgan fingerprint density at radius 3 is 1.89 bits per heavy atom. The largest absolute Gasteiger partial charge is 0.481 e. The SMILES string of the molecule is Cl.Cl.O=C(O)C1CNC1. The molecule has 0 bridgehead atoms. The number of carbonyl (C=O) groups is 1. The molecule has 0 amide bonds. The Morgan fingerprint density at radius 1 is 1.44 bits per heavy atom. The highest BCUT2D eigenvalue weighted by Gasteiger charge is 2.23. The number of hydrogen-bond donors (Lipinski definition) is 2. The molecule has 1 heterocycles. The first-order valence-corrected chi connectivity index (χ1v) is 2.24. The molecule has 1 fully saturated rings. The lowest BCUT2D eigenvalue weighted by Crippen LogP contribution is -2.46. The van der Waals surface area contributed by atoms with Gasteiger partial charge in [-0.05, 0) is 0 Å². The van der Waals surface area contributed by atoms with Crippen LogP contribution in [0.2, 0.25) is 0 Å². The Hall–Kier alpha value is 0.01000. The Kier molecular flexibility index (Phi) is 6.34. The molecule has 1 saturated heterocycles. The lowest BCUT2D eigenvalue weighted by atomic mass is 10.1. The van der Waals surface area contributed by atoms with Crippen molar-refractivity contribution in [1.82, 2.24) is 5.32 Å². The molecule has 0 spiro atoms. The lowest BCUT2D eigenvalue weighted by Gasteiger charge is -2.21. The number of rotatable bonds is 1. The third-order valence-corrected chi connectivity index (χ3v) is 1.13. The van der Waals surface area contributed by atoms with Gasteiger partial charge in [-0.2, -0.15) is 0 Å². The molecule has 0 aliphatic carbocycles. The predicted molar refractivity (Wildman–Crippen MR) is 38.5 cm³/mol. The van der Waals surface area contributed by atoms with Gasteiger partial charge in [0.2, 0.25) is 0 Å². The second kappa shape index (κ2) is 4.85. The van der Waals surface area contributed by atoms with E-state index in [1.807, 2.05) is 0 Å². The maximum atomic E-state index is 9.94. The first kappa shape index (κ1) is 11.8. The van der Waals surface area contributed by atoms with E-state index >= 15 is 0 Å². The molecule has 0 aromatic rings. The van der Waals surface area contributed by atoms with Gasteiger partial charge in [-0.3, -0.25) is 4.79 Å². The van der Waals surface area contributed by atoms with Crippen LogP contribution in [0.3, 0.4) is 0 Å². The third-order valence-electron chi connectivity index (χ3n) is 1.13. The van der Waals surface area contributed by atoms with E-state index in [1.54, 1.807) is 0 Å². The summed E-state index contributed by atoms with van der Waals surface area (Å²) in [5.74, 6) is -0.793. The van der Waals surface area contributed by atoms with Crippen LogP contribution in [-0.4, -0.2) is 24.2 Å². The van der Waals surface area contributed by atoms with Crippen LogP contribution in [0, 0.1) is 5.92 Å². The highest BCUT2D eigenvalue weighted by atomic mass is 35.5. The first-order chi connectivity index (χ1) is 3.30. The van der Waals surface area contributed by atoms with E-state index in [2.05, 4.69) is 5.32 Å².